The van der Waals surface area contributed by atoms with Gasteiger partial charge >= 0.3 is 28.6 Å². The van der Waals surface area contributed by atoms with Crippen LogP contribution >= 0.6 is 7.82 Å². The lowest BCUT2D eigenvalue weighted by Crippen LogP contribution is -2.13. The molecule has 104 valence electrons. The minimum absolute atomic E-state index is 0.338. The predicted molar refractivity (Wildman–Crippen MR) is 53.3 cm³/mol. The Labute approximate surface area is 99.0 Å². The lowest BCUT2D eigenvalue weighted by molar-refractivity contribution is 0.198. The van der Waals surface area contributed by atoms with Crippen LogP contribution in [0.4, 0.5) is 0 Å². The second kappa shape index (κ2) is 6.20. The molecule has 0 unspecified atom stereocenters. The molecule has 0 saturated carbocycles. The van der Waals surface area contributed by atoms with Gasteiger partial charge in [0.25, 0.3) is 0 Å². The van der Waals surface area contributed by atoms with Gasteiger partial charge in [-0.3, -0.25) is 12.9 Å². The van der Waals surface area contributed by atoms with Crippen LogP contribution in [0.2, 0.25) is 0 Å². The van der Waals surface area contributed by atoms with Crippen LogP contribution in [0.25, 0.3) is 0 Å². The Hall–Kier alpha value is -0.0700. The van der Waals surface area contributed by atoms with E-state index in [2.05, 4.69) is 20.8 Å². The fourth-order valence-corrected chi connectivity index (χ4v) is 3.76. The molecule has 0 fully saturated rings. The number of rotatable bonds is 8. The van der Waals surface area contributed by atoms with Gasteiger partial charge < -0.3 is 0 Å². The highest BCUT2D eigenvalue weighted by Crippen LogP contribution is 2.52. The van der Waals surface area contributed by atoms with E-state index in [-0.39, 0.29) is 6.61 Å². The van der Waals surface area contributed by atoms with Crippen LogP contribution in [0.1, 0.15) is 6.92 Å². The van der Waals surface area contributed by atoms with E-state index in [1.165, 1.54) is 6.92 Å². The zero-order valence-electron chi connectivity index (χ0n) is 9.05. The van der Waals surface area contributed by atoms with Crippen LogP contribution in [-0.2, 0) is 46.2 Å². The third-order valence-corrected chi connectivity index (χ3v) is 5.37. The summed E-state index contributed by atoms with van der Waals surface area (Å²) in [5.74, 6) is 0. The van der Waals surface area contributed by atoms with E-state index in [4.69, 9.17) is 0 Å². The van der Waals surface area contributed by atoms with Crippen LogP contribution < -0.4 is 0 Å². The van der Waals surface area contributed by atoms with Gasteiger partial charge in [-0.15, -0.1) is 7.94 Å². The minimum atomic E-state index is -4.92. The van der Waals surface area contributed by atoms with Gasteiger partial charge in [0, 0.05) is 0 Å². The Morgan fingerprint density at radius 1 is 0.941 bits per heavy atom. The molecule has 0 spiro atoms. The molecule has 0 bridgehead atoms. The third kappa shape index (κ3) is 6.43. The molecule has 0 aliphatic carbocycles. The lowest BCUT2D eigenvalue weighted by Gasteiger charge is -2.14. The summed E-state index contributed by atoms with van der Waals surface area (Å²) >= 11 is 0. The monoisotopic (exact) mass is 314 g/mol. The van der Waals surface area contributed by atoms with Crippen molar-refractivity contribution in [2.45, 2.75) is 6.92 Å². The van der Waals surface area contributed by atoms with E-state index in [1.807, 2.05) is 0 Å². The van der Waals surface area contributed by atoms with Crippen LogP contribution in [0.3, 0.4) is 0 Å². The molecule has 0 aliphatic heterocycles. The van der Waals surface area contributed by atoms with Crippen LogP contribution in [0, 0.1) is 0 Å². The molecule has 0 radical (unpaired) electrons. The van der Waals surface area contributed by atoms with Gasteiger partial charge in [0.15, 0.2) is 0 Å². The summed E-state index contributed by atoms with van der Waals surface area (Å²) in [7, 11) is -12.9. The first-order chi connectivity index (χ1) is 7.60. The second-order valence-electron chi connectivity index (χ2n) is 2.16. The summed E-state index contributed by atoms with van der Waals surface area (Å²) in [5, 5.41) is 0. The van der Waals surface area contributed by atoms with Crippen molar-refractivity contribution in [1.29, 1.82) is 0 Å². The van der Waals surface area contributed by atoms with Crippen LogP contribution in [0.5, 0.6) is 0 Å². The highest BCUT2D eigenvalue weighted by atomic mass is 32.3. The molecule has 10 nitrogen and oxygen atoms in total. The van der Waals surface area contributed by atoms with Gasteiger partial charge in [-0.2, -0.15) is 16.8 Å². The van der Waals surface area contributed by atoms with Gasteiger partial charge in [-0.1, -0.05) is 0 Å². The Morgan fingerprint density at radius 2 is 1.29 bits per heavy atom. The van der Waals surface area contributed by atoms with Crippen molar-refractivity contribution in [2.75, 3.05) is 20.8 Å². The van der Waals surface area contributed by atoms with E-state index in [9.17, 15) is 21.4 Å². The number of hydrogen-bond acceptors (Lipinski definition) is 10. The van der Waals surface area contributed by atoms with Crippen molar-refractivity contribution in [3.8, 4) is 0 Å². The summed E-state index contributed by atoms with van der Waals surface area (Å²) in [4.78, 5) is 0. The molecule has 0 atom stereocenters. The summed E-state index contributed by atoms with van der Waals surface area (Å²) in [6.45, 7) is 0.966. The standard InChI is InChI=1S/C4H11O10PS2/c1-4-12-15(5,13-16(6,7)10-2)14-17(8,9)11-3/h4H2,1-3H3. The first-order valence-corrected chi connectivity index (χ1v) is 8.00. The zero-order chi connectivity index (χ0) is 13.7. The Bertz CT molecular complexity index is 436. The molecule has 17 heavy (non-hydrogen) atoms. The molecule has 0 saturated heterocycles. The largest absolute Gasteiger partial charge is 0.507 e. The maximum absolute atomic E-state index is 11.6. The molecule has 0 heterocycles. The van der Waals surface area contributed by atoms with Crippen LogP contribution in [-0.4, -0.2) is 37.7 Å². The van der Waals surface area contributed by atoms with Gasteiger partial charge in [-0.05, 0) is 6.92 Å². The van der Waals surface area contributed by atoms with Gasteiger partial charge in [-0.25, -0.2) is 4.57 Å². The zero-order valence-corrected chi connectivity index (χ0v) is 11.6. The summed E-state index contributed by atoms with van der Waals surface area (Å²) in [6, 6.07) is 0. The Balaban J connectivity index is 5.13. The van der Waals surface area contributed by atoms with Crippen molar-refractivity contribution in [1.82, 2.24) is 0 Å². The lowest BCUT2D eigenvalue weighted by atomic mass is 10.9. The summed E-state index contributed by atoms with van der Waals surface area (Å²) < 4.78 is 74.6. The van der Waals surface area contributed by atoms with Crippen LogP contribution in [0.15, 0.2) is 0 Å². The van der Waals surface area contributed by atoms with Crippen molar-refractivity contribution < 1.29 is 42.2 Å². The topological polar surface area (TPSA) is 132 Å². The maximum Gasteiger partial charge on any atom is 0.507 e. The SMILES string of the molecule is CCOP(=O)(OS(=O)(=O)OC)OS(=O)(=O)OC. The van der Waals surface area contributed by atoms with Gasteiger partial charge in [0.05, 0.1) is 20.8 Å². The van der Waals surface area contributed by atoms with E-state index in [0.717, 1.165) is 0 Å². The molecule has 0 rings (SSSR count). The molecule has 0 aliphatic rings. The molecule has 0 amide bonds. The fourth-order valence-electron chi connectivity index (χ4n) is 0.498. The molecular weight excluding hydrogens is 303 g/mol. The molecule has 0 aromatic heterocycles. The van der Waals surface area contributed by atoms with Crippen molar-refractivity contribution in [3.05, 3.63) is 0 Å². The minimum Gasteiger partial charge on any atom is -0.286 e. The molecule has 0 N–H and O–H groups in total. The van der Waals surface area contributed by atoms with E-state index < -0.39 is 28.6 Å². The number of hydrogen-bond donors (Lipinski definition) is 0. The predicted octanol–water partition coefficient (Wildman–Crippen LogP) is -0.0534. The highest BCUT2D eigenvalue weighted by Gasteiger charge is 2.39. The normalized spacial score (nSPS) is 13.8. The molecule has 13 heteroatoms. The average Bonchev–Trinajstić information content (AvgIpc) is 2.16. The molecule has 0 aromatic carbocycles. The summed E-state index contributed by atoms with van der Waals surface area (Å²) in [6.07, 6.45) is 0. The molecular formula is C4H11O10PS2. The van der Waals surface area contributed by atoms with Gasteiger partial charge in [0.1, 0.15) is 0 Å². The van der Waals surface area contributed by atoms with Gasteiger partial charge in [0.2, 0.25) is 0 Å². The quantitative estimate of drug-likeness (QED) is 0.561. The van der Waals surface area contributed by atoms with E-state index >= 15 is 0 Å². The molecule has 0 aromatic rings. The smallest absolute Gasteiger partial charge is 0.286 e. The van der Waals surface area contributed by atoms with E-state index in [0.29, 0.717) is 14.2 Å². The fraction of sp³-hybridized carbons (Fsp3) is 1.00. The van der Waals surface area contributed by atoms with Crippen molar-refractivity contribution >= 4 is 28.6 Å². The van der Waals surface area contributed by atoms with Crippen molar-refractivity contribution in [2.24, 2.45) is 0 Å². The highest BCUT2D eigenvalue weighted by molar-refractivity contribution is 7.90. The van der Waals surface area contributed by atoms with E-state index in [1.54, 1.807) is 0 Å². The Morgan fingerprint density at radius 3 is 1.53 bits per heavy atom. The average molecular weight is 314 g/mol. The second-order valence-corrected chi connectivity index (χ2v) is 6.81. The van der Waals surface area contributed by atoms with Crippen molar-refractivity contribution in [3.63, 3.8) is 0 Å². The maximum atomic E-state index is 11.6. The third-order valence-electron chi connectivity index (χ3n) is 1.06. The first kappa shape index (κ1) is 16.9. The first-order valence-electron chi connectivity index (χ1n) is 3.88. The summed E-state index contributed by atoms with van der Waals surface area (Å²) in [5.41, 5.74) is 0. The Kier molecular flexibility index (Phi) is 6.18. The number of phosphoric acid groups is 1.